The van der Waals surface area contributed by atoms with Crippen molar-refractivity contribution in [2.75, 3.05) is 0 Å². The van der Waals surface area contributed by atoms with Crippen LogP contribution in [-0.4, -0.2) is 10.9 Å². The van der Waals surface area contributed by atoms with Crippen LogP contribution in [0.25, 0.3) is 0 Å². The quantitative estimate of drug-likeness (QED) is 0.311. The molecule has 1 aromatic rings. The molecule has 3 N–H and O–H groups in total. The molecule has 64 valence electrons. The van der Waals surface area contributed by atoms with E-state index < -0.39 is 5.91 Å². The van der Waals surface area contributed by atoms with Crippen molar-refractivity contribution in [3.8, 4) is 0 Å². The van der Waals surface area contributed by atoms with Gasteiger partial charge >= 0.3 is 0 Å². The Bertz CT molecular complexity index is 316. The van der Waals surface area contributed by atoms with Gasteiger partial charge in [-0.05, 0) is 6.07 Å². The molecule has 0 spiro atoms. The Kier molecular flexibility index (Phi) is 2.86. The van der Waals surface area contributed by atoms with Crippen LogP contribution in [0.15, 0.2) is 12.3 Å². The first kappa shape index (κ1) is 9.25. The van der Waals surface area contributed by atoms with Crippen molar-refractivity contribution in [3.63, 3.8) is 0 Å². The molecule has 0 aliphatic heterocycles. The smallest absolute Gasteiger partial charge is 0.266 e. The zero-order valence-corrected chi connectivity index (χ0v) is 7.36. The molecule has 0 bridgehead atoms. The van der Waals surface area contributed by atoms with E-state index in [-0.39, 0.29) is 15.7 Å². The van der Waals surface area contributed by atoms with Crippen molar-refractivity contribution in [1.29, 1.82) is 0 Å². The Balaban J connectivity index is 3.05. The average molecular weight is 206 g/mol. The number of hydrogen-bond acceptors (Lipinski definition) is 3. The minimum atomic E-state index is -0.457. The number of rotatable bonds is 1. The number of hydrogen-bond donors (Lipinski definition) is 2. The summed E-state index contributed by atoms with van der Waals surface area (Å²) in [6.45, 7) is 0. The van der Waals surface area contributed by atoms with Crippen LogP contribution in [0.3, 0.4) is 0 Å². The third-order valence-electron chi connectivity index (χ3n) is 1.19. The Morgan fingerprint density at radius 2 is 2.25 bits per heavy atom. The number of halogens is 2. The minimum Gasteiger partial charge on any atom is -0.290 e. The molecule has 0 saturated carbocycles. The van der Waals surface area contributed by atoms with E-state index in [1.165, 1.54) is 12.3 Å². The van der Waals surface area contributed by atoms with Crippen molar-refractivity contribution in [2.45, 2.75) is 0 Å². The minimum absolute atomic E-state index is 0.158. The summed E-state index contributed by atoms with van der Waals surface area (Å²) in [6.07, 6.45) is 1.29. The molecule has 1 aromatic heterocycles. The molecule has 6 heteroatoms. The zero-order chi connectivity index (χ0) is 9.14. The van der Waals surface area contributed by atoms with E-state index in [0.717, 1.165) is 0 Å². The van der Waals surface area contributed by atoms with Crippen molar-refractivity contribution < 1.29 is 4.79 Å². The van der Waals surface area contributed by atoms with Gasteiger partial charge in [-0.3, -0.25) is 10.2 Å². The Labute approximate surface area is 78.6 Å². The predicted octanol–water partition coefficient (Wildman–Crippen LogP) is 0.992. The van der Waals surface area contributed by atoms with E-state index >= 15 is 0 Å². The highest BCUT2D eigenvalue weighted by Crippen LogP contribution is 2.19. The van der Waals surface area contributed by atoms with E-state index in [2.05, 4.69) is 4.98 Å². The molecular formula is C6H5Cl2N3O. The number of nitrogen functional groups attached to an aromatic ring is 1. The van der Waals surface area contributed by atoms with E-state index in [0.29, 0.717) is 0 Å². The molecule has 4 nitrogen and oxygen atoms in total. The van der Waals surface area contributed by atoms with E-state index in [9.17, 15) is 4.79 Å². The maximum absolute atomic E-state index is 10.9. The molecule has 0 atom stereocenters. The summed E-state index contributed by atoms with van der Waals surface area (Å²) in [7, 11) is 0. The fraction of sp³-hybridized carbons (Fsp3) is 0. The van der Waals surface area contributed by atoms with Gasteiger partial charge in [0.2, 0.25) is 0 Å². The third-order valence-corrected chi connectivity index (χ3v) is 1.88. The highest BCUT2D eigenvalue weighted by molar-refractivity contribution is 6.41. The summed E-state index contributed by atoms with van der Waals surface area (Å²) in [5, 5.41) is 0.378. The SMILES string of the molecule is NNC(=O)c1cnc(Cl)c(Cl)c1. The fourth-order valence-electron chi connectivity index (χ4n) is 0.629. The van der Waals surface area contributed by atoms with Crippen LogP contribution in [0, 0.1) is 0 Å². The highest BCUT2D eigenvalue weighted by atomic mass is 35.5. The van der Waals surface area contributed by atoms with Gasteiger partial charge in [0.05, 0.1) is 10.6 Å². The molecule has 1 rings (SSSR count). The van der Waals surface area contributed by atoms with E-state index in [4.69, 9.17) is 29.0 Å². The largest absolute Gasteiger partial charge is 0.290 e. The van der Waals surface area contributed by atoms with Crippen LogP contribution >= 0.6 is 23.2 Å². The predicted molar refractivity (Wildman–Crippen MR) is 45.9 cm³/mol. The van der Waals surface area contributed by atoms with Crippen molar-refractivity contribution in [3.05, 3.63) is 28.0 Å². The van der Waals surface area contributed by atoms with Gasteiger partial charge in [-0.15, -0.1) is 0 Å². The first-order valence-corrected chi connectivity index (χ1v) is 3.72. The summed E-state index contributed by atoms with van der Waals surface area (Å²) in [4.78, 5) is 14.6. The second kappa shape index (κ2) is 3.71. The molecule has 1 heterocycles. The van der Waals surface area contributed by atoms with Crippen LogP contribution in [0.2, 0.25) is 10.2 Å². The third kappa shape index (κ3) is 1.85. The number of amides is 1. The van der Waals surface area contributed by atoms with Gasteiger partial charge in [-0.2, -0.15) is 0 Å². The fourth-order valence-corrected chi connectivity index (χ4v) is 0.898. The molecule has 0 saturated heterocycles. The lowest BCUT2D eigenvalue weighted by Gasteiger charge is -1.99. The maximum Gasteiger partial charge on any atom is 0.266 e. The second-order valence-electron chi connectivity index (χ2n) is 1.97. The Morgan fingerprint density at radius 1 is 1.58 bits per heavy atom. The van der Waals surface area contributed by atoms with Crippen LogP contribution in [0.5, 0.6) is 0 Å². The molecular weight excluding hydrogens is 201 g/mol. The van der Waals surface area contributed by atoms with Gasteiger partial charge in [0.15, 0.2) is 0 Å². The lowest BCUT2D eigenvalue weighted by Crippen LogP contribution is -2.30. The van der Waals surface area contributed by atoms with E-state index in [1.807, 2.05) is 5.43 Å². The summed E-state index contributed by atoms with van der Waals surface area (Å²) < 4.78 is 0. The number of pyridine rings is 1. The number of carbonyl (C=O) groups excluding carboxylic acids is 1. The number of nitrogens with zero attached hydrogens (tertiary/aromatic N) is 1. The monoisotopic (exact) mass is 205 g/mol. The van der Waals surface area contributed by atoms with Gasteiger partial charge in [0.25, 0.3) is 5.91 Å². The molecule has 0 unspecified atom stereocenters. The van der Waals surface area contributed by atoms with Gasteiger partial charge < -0.3 is 0 Å². The van der Waals surface area contributed by atoms with Gasteiger partial charge in [-0.25, -0.2) is 10.8 Å². The summed E-state index contributed by atoms with van der Waals surface area (Å²) in [5.41, 5.74) is 2.22. The van der Waals surface area contributed by atoms with Gasteiger partial charge in [0, 0.05) is 6.20 Å². The molecule has 12 heavy (non-hydrogen) atoms. The second-order valence-corrected chi connectivity index (χ2v) is 2.74. The maximum atomic E-state index is 10.9. The first-order chi connectivity index (χ1) is 5.65. The van der Waals surface area contributed by atoms with E-state index in [1.54, 1.807) is 0 Å². The standard InChI is InChI=1S/C6H5Cl2N3O/c7-4-1-3(6(12)11-9)2-10-5(4)8/h1-2H,9H2,(H,11,12). The lowest BCUT2D eigenvalue weighted by atomic mass is 10.3. The molecule has 0 aromatic carbocycles. The number of hydrazine groups is 1. The molecule has 1 amide bonds. The molecule has 0 fully saturated rings. The van der Waals surface area contributed by atoms with Gasteiger partial charge in [-0.1, -0.05) is 23.2 Å². The average Bonchev–Trinajstić information content (AvgIpc) is 2.08. The lowest BCUT2D eigenvalue weighted by molar-refractivity contribution is 0.0953. The van der Waals surface area contributed by atoms with Crippen molar-refractivity contribution in [1.82, 2.24) is 10.4 Å². The van der Waals surface area contributed by atoms with Crippen LogP contribution in [-0.2, 0) is 0 Å². The normalized spacial score (nSPS) is 9.58. The molecule has 0 aliphatic rings. The van der Waals surface area contributed by atoms with Crippen molar-refractivity contribution >= 4 is 29.1 Å². The number of nitrogens with one attached hydrogen (secondary N) is 1. The molecule has 0 aliphatic carbocycles. The number of aromatic nitrogens is 1. The number of nitrogens with two attached hydrogens (primary N) is 1. The van der Waals surface area contributed by atoms with Gasteiger partial charge in [0.1, 0.15) is 5.15 Å². The van der Waals surface area contributed by atoms with Crippen molar-refractivity contribution in [2.24, 2.45) is 5.84 Å². The summed E-state index contributed by atoms with van der Waals surface area (Å²) in [6, 6.07) is 1.39. The number of carbonyl (C=O) groups is 1. The topological polar surface area (TPSA) is 68.0 Å². The Hall–Kier alpha value is -0.840. The molecule has 0 radical (unpaired) electrons. The van der Waals surface area contributed by atoms with Crippen LogP contribution in [0.1, 0.15) is 10.4 Å². The van der Waals surface area contributed by atoms with Crippen LogP contribution in [0.4, 0.5) is 0 Å². The summed E-state index contributed by atoms with van der Waals surface area (Å²) >= 11 is 11.1. The Morgan fingerprint density at radius 3 is 2.75 bits per heavy atom. The summed E-state index contributed by atoms with van der Waals surface area (Å²) in [5.74, 6) is 4.43. The highest BCUT2D eigenvalue weighted by Gasteiger charge is 2.06. The van der Waals surface area contributed by atoms with Crippen LogP contribution < -0.4 is 11.3 Å². The zero-order valence-electron chi connectivity index (χ0n) is 5.84. The first-order valence-electron chi connectivity index (χ1n) is 2.97.